The molecule has 0 aromatic carbocycles. The van der Waals surface area contributed by atoms with E-state index in [0.29, 0.717) is 0 Å². The van der Waals surface area contributed by atoms with Crippen molar-refractivity contribution in [2.24, 2.45) is 5.73 Å². The van der Waals surface area contributed by atoms with Crippen LogP contribution in [0.15, 0.2) is 0 Å². The zero-order valence-electron chi connectivity index (χ0n) is 5.52. The minimum atomic E-state index is -1.39. The van der Waals surface area contributed by atoms with Gasteiger partial charge in [-0.2, -0.15) is 5.26 Å². The van der Waals surface area contributed by atoms with E-state index < -0.39 is 3.79 Å². The normalized spacial score (nSPS) is 8.36. The van der Waals surface area contributed by atoms with Gasteiger partial charge in [-0.3, -0.25) is 0 Å². The molecule has 4 nitrogen and oxygen atoms in total. The molecule has 68 valence electrons. The zero-order valence-corrected chi connectivity index (χ0v) is 7.79. The van der Waals surface area contributed by atoms with Gasteiger partial charge < -0.3 is 16.3 Å². The second-order valence-corrected chi connectivity index (χ2v) is 3.65. The molecule has 0 amide bonds. The fourth-order valence-electron chi connectivity index (χ4n) is 0.0896. The van der Waals surface area contributed by atoms with Gasteiger partial charge in [0.15, 0.2) is 0 Å². The maximum Gasteiger partial charge on any atom is 0.203 e. The van der Waals surface area contributed by atoms with Crippen LogP contribution >= 0.6 is 34.8 Å². The summed E-state index contributed by atoms with van der Waals surface area (Å²) in [4.78, 5) is 0. The summed E-state index contributed by atoms with van der Waals surface area (Å²) >= 11 is 15.4. The van der Waals surface area contributed by atoms with E-state index in [1.54, 1.807) is 6.07 Å². The van der Waals surface area contributed by atoms with E-state index in [2.05, 4.69) is 5.73 Å². The predicted octanol–water partition coefficient (Wildman–Crippen LogP) is 0.340. The molecular formula is C4H9Cl3N2O2. The van der Waals surface area contributed by atoms with Crippen molar-refractivity contribution in [2.75, 3.05) is 6.73 Å². The number of nitrogens with two attached hydrogens (primary N) is 1. The topological polar surface area (TPSA) is 102 Å². The van der Waals surface area contributed by atoms with Gasteiger partial charge in [0.25, 0.3) is 0 Å². The fraction of sp³-hybridized carbons (Fsp3) is 0.750. The van der Waals surface area contributed by atoms with Crippen LogP contribution in [0.1, 0.15) is 6.42 Å². The number of halogens is 3. The molecule has 0 fully saturated rings. The molecule has 0 atom stereocenters. The third-order valence-corrected chi connectivity index (χ3v) is 0.680. The monoisotopic (exact) mass is 222 g/mol. The van der Waals surface area contributed by atoms with Gasteiger partial charge in [-0.05, 0) is 0 Å². The summed E-state index contributed by atoms with van der Waals surface area (Å²) < 4.78 is -1.39. The van der Waals surface area contributed by atoms with Crippen LogP contribution in [0, 0.1) is 11.3 Å². The Kier molecular flexibility index (Phi) is 16.2. The molecule has 0 saturated carbocycles. The average Bonchev–Trinajstić information content (AvgIpc) is 1.63. The van der Waals surface area contributed by atoms with Gasteiger partial charge >= 0.3 is 0 Å². The molecule has 0 rings (SSSR count). The highest BCUT2D eigenvalue weighted by atomic mass is 35.6. The van der Waals surface area contributed by atoms with Gasteiger partial charge in [-0.25, -0.2) is 0 Å². The lowest BCUT2D eigenvalue weighted by Crippen LogP contribution is -1.97. The van der Waals surface area contributed by atoms with E-state index in [4.69, 9.17) is 45.2 Å². The fourth-order valence-corrected chi connectivity index (χ4v) is 0.269. The van der Waals surface area contributed by atoms with E-state index in [1.807, 2.05) is 0 Å². The highest BCUT2D eigenvalue weighted by Crippen LogP contribution is 2.28. The number of alkyl halides is 3. The molecule has 0 saturated heterocycles. The maximum atomic E-state index is 7.90. The summed E-state index contributed by atoms with van der Waals surface area (Å²) in [6.45, 7) is -0.250. The molecule has 7 heteroatoms. The SMILES string of the molecule is N#CCC(Cl)(Cl)Cl.NCO.O. The van der Waals surface area contributed by atoms with Crippen molar-refractivity contribution in [3.8, 4) is 6.07 Å². The highest BCUT2D eigenvalue weighted by molar-refractivity contribution is 6.67. The largest absolute Gasteiger partial charge is 0.412 e. The average molecular weight is 223 g/mol. The zero-order chi connectivity index (χ0) is 8.62. The van der Waals surface area contributed by atoms with Crippen LogP contribution in [-0.4, -0.2) is 21.1 Å². The number of rotatable bonds is 0. The Morgan fingerprint density at radius 1 is 1.45 bits per heavy atom. The lowest BCUT2D eigenvalue weighted by Gasteiger charge is -2.00. The van der Waals surface area contributed by atoms with Crippen LogP contribution in [0.2, 0.25) is 0 Å². The van der Waals surface area contributed by atoms with Crippen molar-refractivity contribution in [1.82, 2.24) is 0 Å². The predicted molar refractivity (Wildman–Crippen MR) is 45.4 cm³/mol. The van der Waals surface area contributed by atoms with Gasteiger partial charge in [-0.1, -0.05) is 34.8 Å². The number of hydrogen-bond donors (Lipinski definition) is 2. The number of nitrogens with zero attached hydrogens (tertiary/aromatic N) is 1. The van der Waals surface area contributed by atoms with Crippen LogP contribution < -0.4 is 5.73 Å². The first-order chi connectivity index (χ1) is 4.47. The molecule has 5 N–H and O–H groups in total. The minimum Gasteiger partial charge on any atom is -0.412 e. The summed E-state index contributed by atoms with van der Waals surface area (Å²) in [7, 11) is 0. The first-order valence-corrected chi connectivity index (χ1v) is 3.36. The van der Waals surface area contributed by atoms with E-state index >= 15 is 0 Å². The third kappa shape index (κ3) is 38.7. The number of hydrogen-bond acceptors (Lipinski definition) is 3. The molecule has 0 spiro atoms. The molecule has 0 radical (unpaired) electrons. The smallest absolute Gasteiger partial charge is 0.203 e. The van der Waals surface area contributed by atoms with E-state index in [9.17, 15) is 0 Å². The van der Waals surface area contributed by atoms with Crippen molar-refractivity contribution < 1.29 is 10.6 Å². The number of aliphatic hydroxyl groups is 1. The van der Waals surface area contributed by atoms with E-state index in [-0.39, 0.29) is 18.6 Å². The molecule has 0 aromatic heterocycles. The van der Waals surface area contributed by atoms with Crippen LogP contribution in [0.4, 0.5) is 0 Å². The molecule has 0 aliphatic rings. The Labute approximate surface area is 79.8 Å². The van der Waals surface area contributed by atoms with Gasteiger partial charge in [0.2, 0.25) is 3.79 Å². The summed E-state index contributed by atoms with van der Waals surface area (Å²) in [6, 6.07) is 1.71. The summed E-state index contributed by atoms with van der Waals surface area (Å²) in [5, 5.41) is 15.2. The Hall–Kier alpha value is 0.240. The maximum absolute atomic E-state index is 7.90. The van der Waals surface area contributed by atoms with Crippen molar-refractivity contribution in [3.05, 3.63) is 0 Å². The standard InChI is InChI=1S/C3H2Cl3N.CH5NO.H2O/c4-3(5,6)1-2-7;2-1-3;/h1H2;3H,1-2H2;1H2. The number of aliphatic hydroxyl groups excluding tert-OH is 1. The summed E-state index contributed by atoms with van der Waals surface area (Å²) in [5.41, 5.74) is 4.40. The molecular weight excluding hydrogens is 214 g/mol. The molecule has 0 aliphatic heterocycles. The van der Waals surface area contributed by atoms with Gasteiger partial charge in [0.1, 0.15) is 0 Å². The van der Waals surface area contributed by atoms with Gasteiger partial charge in [-0.15, -0.1) is 0 Å². The lowest BCUT2D eigenvalue weighted by atomic mass is 10.5. The Balaban J connectivity index is -0.000000140. The van der Waals surface area contributed by atoms with Gasteiger partial charge in [0, 0.05) is 0 Å². The molecule has 0 unspecified atom stereocenters. The van der Waals surface area contributed by atoms with E-state index in [1.165, 1.54) is 0 Å². The van der Waals surface area contributed by atoms with Crippen LogP contribution in [0.5, 0.6) is 0 Å². The van der Waals surface area contributed by atoms with Crippen LogP contribution in [0.25, 0.3) is 0 Å². The Bertz CT molecular complexity index is 109. The van der Waals surface area contributed by atoms with Gasteiger partial charge in [0.05, 0.1) is 19.2 Å². The van der Waals surface area contributed by atoms with Crippen LogP contribution in [0.3, 0.4) is 0 Å². The quantitative estimate of drug-likeness (QED) is 0.457. The van der Waals surface area contributed by atoms with Crippen molar-refractivity contribution >= 4 is 34.8 Å². The molecule has 0 aromatic rings. The summed E-state index contributed by atoms with van der Waals surface area (Å²) in [5.74, 6) is 0. The first kappa shape index (κ1) is 17.4. The molecule has 0 aliphatic carbocycles. The summed E-state index contributed by atoms with van der Waals surface area (Å²) in [6.07, 6.45) is -0.0579. The molecule has 11 heavy (non-hydrogen) atoms. The molecule has 0 bridgehead atoms. The molecule has 0 heterocycles. The second-order valence-electron chi connectivity index (χ2n) is 1.13. The Morgan fingerprint density at radius 2 is 1.73 bits per heavy atom. The van der Waals surface area contributed by atoms with Crippen LogP contribution in [-0.2, 0) is 0 Å². The van der Waals surface area contributed by atoms with Crippen molar-refractivity contribution in [1.29, 1.82) is 5.26 Å². The second kappa shape index (κ2) is 10.2. The van der Waals surface area contributed by atoms with Crippen molar-refractivity contribution in [2.45, 2.75) is 10.2 Å². The van der Waals surface area contributed by atoms with Crippen molar-refractivity contribution in [3.63, 3.8) is 0 Å². The lowest BCUT2D eigenvalue weighted by molar-refractivity contribution is 0.307. The third-order valence-electron chi connectivity index (χ3n) is 0.280. The minimum absolute atomic E-state index is 0. The number of nitriles is 1. The highest BCUT2D eigenvalue weighted by Gasteiger charge is 2.17. The van der Waals surface area contributed by atoms with E-state index in [0.717, 1.165) is 0 Å². The Morgan fingerprint density at radius 3 is 1.73 bits per heavy atom. The first-order valence-electron chi connectivity index (χ1n) is 2.22.